The van der Waals surface area contributed by atoms with Gasteiger partial charge in [0.15, 0.2) is 6.10 Å². The van der Waals surface area contributed by atoms with Crippen molar-refractivity contribution < 1.29 is 19.0 Å². The van der Waals surface area contributed by atoms with E-state index in [2.05, 4.69) is 26.7 Å². The molecule has 2 aromatic rings. The van der Waals surface area contributed by atoms with Crippen LogP contribution in [0.25, 0.3) is 11.3 Å². The van der Waals surface area contributed by atoms with Crippen molar-refractivity contribution in [3.8, 4) is 17.3 Å². The zero-order valence-electron chi connectivity index (χ0n) is 18.3. The van der Waals surface area contributed by atoms with Crippen LogP contribution >= 0.6 is 0 Å². The van der Waals surface area contributed by atoms with Crippen molar-refractivity contribution >= 4 is 12.0 Å². The number of alkyl carbamates (subject to hydrolysis) is 1. The molecule has 0 spiro atoms. The minimum absolute atomic E-state index is 0.161. The van der Waals surface area contributed by atoms with Gasteiger partial charge in [0.25, 0.3) is 0 Å². The van der Waals surface area contributed by atoms with Crippen molar-refractivity contribution in [1.29, 1.82) is 5.26 Å². The summed E-state index contributed by atoms with van der Waals surface area (Å²) < 4.78 is 17.5. The Kier molecular flexibility index (Phi) is 6.37. The van der Waals surface area contributed by atoms with E-state index in [1.165, 1.54) is 6.42 Å². The molecule has 33 heavy (non-hydrogen) atoms. The van der Waals surface area contributed by atoms with E-state index in [0.717, 1.165) is 31.2 Å². The summed E-state index contributed by atoms with van der Waals surface area (Å²) in [6, 6.07) is 11.3. The number of fused-ring (bicyclic) bond motifs is 1. The second-order valence-corrected chi connectivity index (χ2v) is 8.73. The maximum absolute atomic E-state index is 12.3. The summed E-state index contributed by atoms with van der Waals surface area (Å²) in [5.41, 5.74) is 2.13. The highest BCUT2D eigenvalue weighted by Gasteiger charge is 2.49. The minimum atomic E-state index is -0.439. The average molecular weight is 450 g/mol. The Morgan fingerprint density at radius 3 is 2.82 bits per heavy atom. The first kappa shape index (κ1) is 21.6. The number of hydrogen-bond acceptors (Lipinski definition) is 8. The molecule has 2 saturated heterocycles. The quantitative estimate of drug-likeness (QED) is 0.715. The van der Waals surface area contributed by atoms with Crippen molar-refractivity contribution in [3.05, 3.63) is 42.1 Å². The van der Waals surface area contributed by atoms with Gasteiger partial charge in [-0.1, -0.05) is 31.4 Å². The number of ether oxygens (including phenoxy) is 3. The molecular formula is C24H27N5O4. The van der Waals surface area contributed by atoms with Gasteiger partial charge in [-0.15, -0.1) is 0 Å². The van der Waals surface area contributed by atoms with Crippen LogP contribution in [0.4, 0.5) is 10.7 Å². The van der Waals surface area contributed by atoms with E-state index in [1.54, 1.807) is 24.4 Å². The maximum Gasteiger partial charge on any atom is 0.407 e. The van der Waals surface area contributed by atoms with Gasteiger partial charge in [0.1, 0.15) is 12.2 Å². The van der Waals surface area contributed by atoms with E-state index in [0.29, 0.717) is 30.4 Å². The van der Waals surface area contributed by atoms with Crippen molar-refractivity contribution in [2.24, 2.45) is 0 Å². The average Bonchev–Trinajstić information content (AvgIpc) is 3.43. The predicted octanol–water partition coefficient (Wildman–Crippen LogP) is 3.02. The van der Waals surface area contributed by atoms with E-state index < -0.39 is 12.2 Å². The van der Waals surface area contributed by atoms with Gasteiger partial charge in [-0.05, 0) is 31.0 Å². The standard InChI is InChI=1S/C24H27N5O4/c25-12-15-5-4-6-16(11-15)18-9-10-26-23(28-18)29-19-13-31-22-20(14-32-21(19)22)33-24(30)27-17-7-2-1-3-8-17/h4-6,9-11,17,19-22H,1-3,7-8,13-14H2,(H,27,30)(H,26,28,29)/t19-,20-,21-,22+/m1/s1. The SMILES string of the molecule is N#Cc1cccc(-c2ccnc(N[C@@H]3CO[C@@H]4[C@@H]3OC[C@H]4OC(=O)NC3CCCCC3)n2)c1. The number of rotatable bonds is 5. The summed E-state index contributed by atoms with van der Waals surface area (Å²) in [5, 5.41) is 15.4. The fraction of sp³-hybridized carbons (Fsp3) is 0.500. The third kappa shape index (κ3) is 4.92. The van der Waals surface area contributed by atoms with Gasteiger partial charge in [-0.2, -0.15) is 5.26 Å². The molecular weight excluding hydrogens is 422 g/mol. The van der Waals surface area contributed by atoms with Gasteiger partial charge in [0.05, 0.1) is 36.6 Å². The number of nitrogens with one attached hydrogen (secondary N) is 2. The highest BCUT2D eigenvalue weighted by Crippen LogP contribution is 2.31. The van der Waals surface area contributed by atoms with Crippen molar-refractivity contribution in [1.82, 2.24) is 15.3 Å². The van der Waals surface area contributed by atoms with Gasteiger partial charge in [-0.25, -0.2) is 14.8 Å². The molecule has 9 heteroatoms. The number of carbonyl (C=O) groups excluding carboxylic acids is 1. The van der Waals surface area contributed by atoms with Crippen LogP contribution in [0.2, 0.25) is 0 Å². The van der Waals surface area contributed by atoms with E-state index in [9.17, 15) is 4.79 Å². The van der Waals surface area contributed by atoms with Gasteiger partial charge in [-0.3, -0.25) is 0 Å². The molecule has 1 aliphatic carbocycles. The number of anilines is 1. The number of nitrogens with zero attached hydrogens (tertiary/aromatic N) is 3. The Hall–Kier alpha value is -3.22. The third-order valence-corrected chi connectivity index (χ3v) is 6.45. The highest BCUT2D eigenvalue weighted by atomic mass is 16.6. The molecule has 0 unspecified atom stereocenters. The molecule has 2 N–H and O–H groups in total. The van der Waals surface area contributed by atoms with Crippen LogP contribution in [-0.4, -0.2) is 59.7 Å². The van der Waals surface area contributed by atoms with E-state index in [-0.39, 0.29) is 24.3 Å². The molecule has 9 nitrogen and oxygen atoms in total. The van der Waals surface area contributed by atoms with Crippen molar-refractivity contribution in [3.63, 3.8) is 0 Å². The van der Waals surface area contributed by atoms with Gasteiger partial charge < -0.3 is 24.8 Å². The fourth-order valence-corrected chi connectivity index (χ4v) is 4.78. The van der Waals surface area contributed by atoms with Crippen molar-refractivity contribution in [2.75, 3.05) is 18.5 Å². The molecule has 0 bridgehead atoms. The Labute approximate surface area is 192 Å². The van der Waals surface area contributed by atoms with Crippen molar-refractivity contribution in [2.45, 2.75) is 62.5 Å². The molecule has 4 atom stereocenters. The summed E-state index contributed by atoms with van der Waals surface area (Å²) in [6.07, 6.45) is 5.79. The number of nitriles is 1. The highest BCUT2D eigenvalue weighted by molar-refractivity contribution is 5.68. The Balaban J connectivity index is 1.19. The number of carbonyl (C=O) groups is 1. The summed E-state index contributed by atoms with van der Waals surface area (Å²) in [7, 11) is 0. The minimum Gasteiger partial charge on any atom is -0.441 e. The van der Waals surface area contributed by atoms with Crippen LogP contribution in [-0.2, 0) is 14.2 Å². The van der Waals surface area contributed by atoms with E-state index >= 15 is 0 Å². The van der Waals surface area contributed by atoms with Crippen LogP contribution < -0.4 is 10.6 Å². The van der Waals surface area contributed by atoms with Crippen LogP contribution in [0, 0.1) is 11.3 Å². The van der Waals surface area contributed by atoms with Crippen LogP contribution in [0.3, 0.4) is 0 Å². The van der Waals surface area contributed by atoms with Crippen LogP contribution in [0.15, 0.2) is 36.5 Å². The topological polar surface area (TPSA) is 118 Å². The molecule has 0 radical (unpaired) electrons. The largest absolute Gasteiger partial charge is 0.441 e. The normalized spacial score (nSPS) is 26.9. The molecule has 3 heterocycles. The first-order valence-electron chi connectivity index (χ1n) is 11.5. The van der Waals surface area contributed by atoms with Gasteiger partial charge in [0.2, 0.25) is 5.95 Å². The number of hydrogen-bond donors (Lipinski definition) is 2. The zero-order valence-corrected chi connectivity index (χ0v) is 18.3. The summed E-state index contributed by atoms with van der Waals surface area (Å²) >= 11 is 0. The summed E-state index contributed by atoms with van der Waals surface area (Å²) in [4.78, 5) is 21.3. The van der Waals surface area contributed by atoms with Crippen LogP contribution in [0.5, 0.6) is 0 Å². The van der Waals surface area contributed by atoms with E-state index in [1.807, 2.05) is 12.1 Å². The third-order valence-electron chi connectivity index (χ3n) is 6.45. The van der Waals surface area contributed by atoms with Gasteiger partial charge >= 0.3 is 6.09 Å². The second kappa shape index (κ2) is 9.73. The Bertz CT molecular complexity index is 1040. The first-order valence-corrected chi connectivity index (χ1v) is 11.5. The number of benzene rings is 1. The lowest BCUT2D eigenvalue weighted by Gasteiger charge is -2.24. The van der Waals surface area contributed by atoms with E-state index in [4.69, 9.17) is 19.5 Å². The Morgan fingerprint density at radius 1 is 1.12 bits per heavy atom. The smallest absolute Gasteiger partial charge is 0.407 e. The molecule has 1 amide bonds. The molecule has 3 fully saturated rings. The first-order chi connectivity index (χ1) is 16.2. The Morgan fingerprint density at radius 2 is 1.97 bits per heavy atom. The molecule has 3 aliphatic rings. The second-order valence-electron chi connectivity index (χ2n) is 8.73. The maximum atomic E-state index is 12.3. The molecule has 2 aliphatic heterocycles. The van der Waals surface area contributed by atoms with Crippen LogP contribution in [0.1, 0.15) is 37.7 Å². The molecule has 1 saturated carbocycles. The monoisotopic (exact) mass is 449 g/mol. The molecule has 5 rings (SSSR count). The number of amides is 1. The zero-order chi connectivity index (χ0) is 22.6. The van der Waals surface area contributed by atoms with Gasteiger partial charge in [0, 0.05) is 17.8 Å². The molecule has 172 valence electrons. The lowest BCUT2D eigenvalue weighted by atomic mass is 9.96. The summed E-state index contributed by atoms with van der Waals surface area (Å²) in [5.74, 6) is 0.451. The summed E-state index contributed by atoms with van der Waals surface area (Å²) in [6.45, 7) is 0.699. The predicted molar refractivity (Wildman–Crippen MR) is 119 cm³/mol. The molecule has 1 aromatic carbocycles. The number of aromatic nitrogens is 2. The fourth-order valence-electron chi connectivity index (χ4n) is 4.78. The lowest BCUT2D eigenvalue weighted by Crippen LogP contribution is -2.42. The lowest BCUT2D eigenvalue weighted by molar-refractivity contribution is 0.00314. The molecule has 1 aromatic heterocycles.